The van der Waals surface area contributed by atoms with Crippen molar-refractivity contribution in [3.05, 3.63) is 60.2 Å². The predicted molar refractivity (Wildman–Crippen MR) is 88.5 cm³/mol. The fourth-order valence-electron chi connectivity index (χ4n) is 2.20. The lowest BCUT2D eigenvalue weighted by Crippen LogP contribution is -2.44. The van der Waals surface area contributed by atoms with Gasteiger partial charge in [-0.1, -0.05) is 30.3 Å². The van der Waals surface area contributed by atoms with Gasteiger partial charge >= 0.3 is 5.97 Å². The topological polar surface area (TPSA) is 117 Å². The number of aromatic nitrogens is 3. The highest BCUT2D eigenvalue weighted by Gasteiger charge is 2.23. The number of fused-ring (bicyclic) bond motifs is 1. The number of nitrogens with zero attached hydrogens (tertiary/aromatic N) is 2. The number of benzene rings is 1. The summed E-state index contributed by atoms with van der Waals surface area (Å²) in [6.07, 6.45) is 2.96. The van der Waals surface area contributed by atoms with E-state index in [4.69, 9.17) is 4.74 Å². The van der Waals surface area contributed by atoms with E-state index in [2.05, 4.69) is 20.3 Å². The smallest absolute Gasteiger partial charge is 0.331 e. The molecule has 3 aromatic rings. The Balaban J connectivity index is 1.62. The minimum absolute atomic E-state index is 0.0591. The number of aliphatic hydroxyl groups is 1. The van der Waals surface area contributed by atoms with Gasteiger partial charge in [0.1, 0.15) is 12.3 Å². The molecular weight excluding hydrogens is 324 g/mol. The molecule has 0 saturated heterocycles. The van der Waals surface area contributed by atoms with E-state index in [0.717, 1.165) is 5.56 Å². The molecule has 0 bridgehead atoms. The first kappa shape index (κ1) is 16.6. The van der Waals surface area contributed by atoms with Crippen molar-refractivity contribution in [2.75, 3.05) is 6.61 Å². The summed E-state index contributed by atoms with van der Waals surface area (Å²) in [6, 6.07) is 9.44. The summed E-state index contributed by atoms with van der Waals surface area (Å²) < 4.78 is 5.12. The molecule has 3 rings (SSSR count). The lowest BCUT2D eigenvalue weighted by Gasteiger charge is -2.15. The second-order valence-electron chi connectivity index (χ2n) is 5.29. The van der Waals surface area contributed by atoms with Crippen LogP contribution in [0.25, 0.3) is 11.0 Å². The van der Waals surface area contributed by atoms with E-state index in [0.29, 0.717) is 11.0 Å². The molecule has 3 N–H and O–H groups in total. The van der Waals surface area contributed by atoms with Crippen LogP contribution in [0.3, 0.4) is 0 Å². The third kappa shape index (κ3) is 3.99. The second kappa shape index (κ2) is 7.54. The van der Waals surface area contributed by atoms with Crippen LogP contribution in [0.4, 0.5) is 0 Å². The van der Waals surface area contributed by atoms with Crippen molar-refractivity contribution < 1.29 is 19.4 Å². The Morgan fingerprint density at radius 1 is 1.24 bits per heavy atom. The summed E-state index contributed by atoms with van der Waals surface area (Å²) in [7, 11) is 0. The number of ether oxygens (including phenoxy) is 1. The molecule has 2 aromatic heterocycles. The Kier molecular flexibility index (Phi) is 5.00. The molecule has 0 aliphatic heterocycles. The van der Waals surface area contributed by atoms with Gasteiger partial charge in [0.05, 0.1) is 30.2 Å². The van der Waals surface area contributed by atoms with Crippen LogP contribution < -0.4 is 5.32 Å². The van der Waals surface area contributed by atoms with Crippen LogP contribution in [0, 0.1) is 0 Å². The first-order chi connectivity index (χ1) is 12.2. The van der Waals surface area contributed by atoms with Gasteiger partial charge in [-0.3, -0.25) is 4.79 Å². The predicted octanol–water partition coefficient (Wildman–Crippen LogP) is 0.792. The number of aromatic amines is 1. The molecular formula is C17H16N4O4. The van der Waals surface area contributed by atoms with Crippen molar-refractivity contribution in [2.45, 2.75) is 12.6 Å². The van der Waals surface area contributed by atoms with Gasteiger partial charge < -0.3 is 20.1 Å². The molecule has 25 heavy (non-hydrogen) atoms. The number of H-pyrrole nitrogens is 1. The largest absolute Gasteiger partial charge is 0.459 e. The number of amides is 1. The molecule has 8 nitrogen and oxygen atoms in total. The van der Waals surface area contributed by atoms with Gasteiger partial charge in [-0.25, -0.2) is 14.8 Å². The standard InChI is InChI=1S/C17H16N4O4/c22-8-15(17(24)25-9-11-4-2-1-3-5-11)21-16(23)13-6-12-14(7-18-13)20-10-19-12/h1-7,10,15,22H,8-9H2,(H,19,20)(H,21,23)/t15-/m0/s1. The van der Waals surface area contributed by atoms with E-state index < -0.39 is 24.5 Å². The van der Waals surface area contributed by atoms with E-state index in [-0.39, 0.29) is 12.3 Å². The van der Waals surface area contributed by atoms with Crippen molar-refractivity contribution in [2.24, 2.45) is 0 Å². The Morgan fingerprint density at radius 2 is 2.04 bits per heavy atom. The van der Waals surface area contributed by atoms with E-state index in [1.807, 2.05) is 30.3 Å². The van der Waals surface area contributed by atoms with Crippen LogP contribution in [-0.2, 0) is 16.1 Å². The minimum Gasteiger partial charge on any atom is -0.459 e. The van der Waals surface area contributed by atoms with Gasteiger partial charge in [-0.05, 0) is 11.6 Å². The average Bonchev–Trinajstić information content (AvgIpc) is 3.12. The number of hydrogen-bond donors (Lipinski definition) is 3. The molecule has 1 atom stereocenters. The van der Waals surface area contributed by atoms with Gasteiger partial charge in [0.25, 0.3) is 5.91 Å². The van der Waals surface area contributed by atoms with Gasteiger partial charge in [0, 0.05) is 0 Å². The van der Waals surface area contributed by atoms with Crippen molar-refractivity contribution in [1.82, 2.24) is 20.3 Å². The van der Waals surface area contributed by atoms with Crippen molar-refractivity contribution >= 4 is 22.9 Å². The lowest BCUT2D eigenvalue weighted by atomic mass is 10.2. The molecule has 1 amide bonds. The number of carbonyl (C=O) groups is 2. The number of imidazole rings is 1. The summed E-state index contributed by atoms with van der Waals surface area (Å²) in [5, 5.41) is 11.8. The summed E-state index contributed by atoms with van der Waals surface area (Å²) in [4.78, 5) is 35.2. The Bertz CT molecular complexity index is 878. The number of nitrogens with one attached hydrogen (secondary N) is 2. The first-order valence-electron chi connectivity index (χ1n) is 7.59. The molecule has 0 radical (unpaired) electrons. The van der Waals surface area contributed by atoms with Crippen LogP contribution in [0.15, 0.2) is 48.9 Å². The third-order valence-corrected chi connectivity index (χ3v) is 3.53. The molecule has 1 aromatic carbocycles. The fraction of sp³-hybridized carbons (Fsp3) is 0.176. The van der Waals surface area contributed by atoms with Crippen LogP contribution in [0.1, 0.15) is 16.1 Å². The van der Waals surface area contributed by atoms with Crippen LogP contribution in [0.5, 0.6) is 0 Å². The lowest BCUT2D eigenvalue weighted by molar-refractivity contribution is -0.148. The van der Waals surface area contributed by atoms with E-state index in [9.17, 15) is 14.7 Å². The van der Waals surface area contributed by atoms with Crippen LogP contribution >= 0.6 is 0 Å². The Hall–Kier alpha value is -3.26. The number of aliphatic hydroxyl groups excluding tert-OH is 1. The summed E-state index contributed by atoms with van der Waals surface area (Å²) >= 11 is 0. The zero-order chi connectivity index (χ0) is 17.6. The van der Waals surface area contributed by atoms with Crippen molar-refractivity contribution in [3.63, 3.8) is 0 Å². The molecule has 0 fully saturated rings. The average molecular weight is 340 g/mol. The van der Waals surface area contributed by atoms with Gasteiger partial charge in [0.15, 0.2) is 6.04 Å². The fourth-order valence-corrected chi connectivity index (χ4v) is 2.20. The number of rotatable bonds is 6. The number of esters is 1. The number of pyridine rings is 1. The third-order valence-electron chi connectivity index (χ3n) is 3.53. The van der Waals surface area contributed by atoms with Crippen molar-refractivity contribution in [3.8, 4) is 0 Å². The van der Waals surface area contributed by atoms with Gasteiger partial charge in [0.2, 0.25) is 0 Å². The summed E-state index contributed by atoms with van der Waals surface area (Å²) in [5.41, 5.74) is 2.17. The van der Waals surface area contributed by atoms with Crippen LogP contribution in [0.2, 0.25) is 0 Å². The van der Waals surface area contributed by atoms with E-state index in [1.165, 1.54) is 18.6 Å². The highest BCUT2D eigenvalue weighted by atomic mass is 16.5. The Labute approximate surface area is 142 Å². The zero-order valence-corrected chi connectivity index (χ0v) is 13.2. The maximum atomic E-state index is 12.2. The normalized spacial score (nSPS) is 11.9. The maximum absolute atomic E-state index is 12.2. The maximum Gasteiger partial charge on any atom is 0.331 e. The van der Waals surface area contributed by atoms with E-state index >= 15 is 0 Å². The molecule has 128 valence electrons. The number of hydrogen-bond acceptors (Lipinski definition) is 6. The molecule has 0 saturated carbocycles. The molecule has 8 heteroatoms. The monoisotopic (exact) mass is 340 g/mol. The quantitative estimate of drug-likeness (QED) is 0.571. The second-order valence-corrected chi connectivity index (χ2v) is 5.29. The van der Waals surface area contributed by atoms with Crippen molar-refractivity contribution in [1.29, 1.82) is 0 Å². The molecule has 0 aliphatic carbocycles. The first-order valence-corrected chi connectivity index (χ1v) is 7.59. The highest BCUT2D eigenvalue weighted by Crippen LogP contribution is 2.09. The molecule has 2 heterocycles. The van der Waals surface area contributed by atoms with Crippen LogP contribution in [-0.4, -0.2) is 44.6 Å². The van der Waals surface area contributed by atoms with E-state index in [1.54, 1.807) is 0 Å². The van der Waals surface area contributed by atoms with Gasteiger partial charge in [-0.15, -0.1) is 0 Å². The molecule has 0 spiro atoms. The summed E-state index contributed by atoms with van der Waals surface area (Å²) in [6.45, 7) is -0.520. The minimum atomic E-state index is -1.17. The SMILES string of the molecule is O=C(N[C@@H](CO)C(=O)OCc1ccccc1)c1cc2nc[nH]c2cn1. The molecule has 0 aliphatic rings. The van der Waals surface area contributed by atoms with Gasteiger partial charge in [-0.2, -0.15) is 0 Å². The molecule has 0 unspecified atom stereocenters. The Morgan fingerprint density at radius 3 is 2.80 bits per heavy atom. The summed E-state index contributed by atoms with van der Waals surface area (Å²) in [5.74, 6) is -1.32. The highest BCUT2D eigenvalue weighted by molar-refractivity contribution is 5.97. The number of carbonyl (C=O) groups excluding carboxylic acids is 2. The zero-order valence-electron chi connectivity index (χ0n) is 13.2.